The zero-order valence-electron chi connectivity index (χ0n) is 10.6. The Labute approximate surface area is 99.4 Å². The molecule has 0 radical (unpaired) electrons. The Morgan fingerprint density at radius 2 is 1.31 bits per heavy atom. The normalized spacial score (nSPS) is 23.3. The van der Waals surface area contributed by atoms with Crippen molar-refractivity contribution in [2.45, 2.75) is 71.1 Å². The first-order valence-electron chi connectivity index (χ1n) is 6.94. The van der Waals surface area contributed by atoms with Crippen molar-refractivity contribution in [3.05, 3.63) is 0 Å². The van der Waals surface area contributed by atoms with Gasteiger partial charge in [0.25, 0.3) is 0 Å². The fourth-order valence-corrected chi connectivity index (χ4v) is 2.72. The summed E-state index contributed by atoms with van der Waals surface area (Å²) in [5, 5.41) is 9.08. The second-order valence-electron chi connectivity index (χ2n) is 5.29. The van der Waals surface area contributed by atoms with Gasteiger partial charge in [-0.15, -0.1) is 0 Å². The molecule has 1 unspecified atom stereocenters. The molecule has 2 nitrogen and oxygen atoms in total. The predicted molar refractivity (Wildman–Crippen MR) is 66.5 cm³/mol. The maximum absolute atomic E-state index is 11.0. The van der Waals surface area contributed by atoms with Gasteiger partial charge in [0.15, 0.2) is 0 Å². The molecule has 1 rings (SSSR count). The molecule has 16 heavy (non-hydrogen) atoms. The molecule has 0 aromatic rings. The Hall–Kier alpha value is -0.530. The number of hydrogen-bond acceptors (Lipinski definition) is 1. The minimum Gasteiger partial charge on any atom is -0.481 e. The van der Waals surface area contributed by atoms with E-state index in [2.05, 4.69) is 0 Å². The fraction of sp³-hybridized carbons (Fsp3) is 0.929. The molecule has 0 saturated heterocycles. The summed E-state index contributed by atoms with van der Waals surface area (Å²) in [7, 11) is 0. The van der Waals surface area contributed by atoms with Gasteiger partial charge in [0.2, 0.25) is 0 Å². The van der Waals surface area contributed by atoms with Crippen LogP contribution in [-0.2, 0) is 4.79 Å². The number of carboxylic acids is 1. The summed E-state index contributed by atoms with van der Waals surface area (Å²) in [6.45, 7) is 1.88. The van der Waals surface area contributed by atoms with Crippen LogP contribution in [0.3, 0.4) is 0 Å². The predicted octanol–water partition coefficient (Wildman–Crippen LogP) is 4.24. The molecule has 2 heteroatoms. The third-order valence-electron chi connectivity index (χ3n) is 4.00. The van der Waals surface area contributed by atoms with Crippen LogP contribution in [0.4, 0.5) is 0 Å². The SMILES string of the molecule is CC(C(=O)O)C1CCCCCCCCCC1. The lowest BCUT2D eigenvalue weighted by Gasteiger charge is -2.20. The van der Waals surface area contributed by atoms with Gasteiger partial charge in [0, 0.05) is 0 Å². The van der Waals surface area contributed by atoms with Crippen molar-refractivity contribution in [1.82, 2.24) is 0 Å². The van der Waals surface area contributed by atoms with E-state index in [1.54, 1.807) is 0 Å². The number of hydrogen-bond donors (Lipinski definition) is 1. The van der Waals surface area contributed by atoms with Gasteiger partial charge in [0.1, 0.15) is 0 Å². The topological polar surface area (TPSA) is 37.3 Å². The zero-order chi connectivity index (χ0) is 11.8. The molecule has 1 aliphatic rings. The monoisotopic (exact) mass is 226 g/mol. The molecule has 1 atom stereocenters. The largest absolute Gasteiger partial charge is 0.481 e. The van der Waals surface area contributed by atoms with Crippen LogP contribution in [-0.4, -0.2) is 11.1 Å². The van der Waals surface area contributed by atoms with Gasteiger partial charge in [-0.05, 0) is 18.8 Å². The summed E-state index contributed by atoms with van der Waals surface area (Å²) in [5.74, 6) is -0.351. The minimum absolute atomic E-state index is 0.152. The average molecular weight is 226 g/mol. The van der Waals surface area contributed by atoms with Crippen molar-refractivity contribution in [2.24, 2.45) is 11.8 Å². The van der Waals surface area contributed by atoms with Crippen LogP contribution >= 0.6 is 0 Å². The van der Waals surface area contributed by atoms with Crippen molar-refractivity contribution < 1.29 is 9.90 Å². The number of aliphatic carboxylic acids is 1. The highest BCUT2D eigenvalue weighted by Gasteiger charge is 2.22. The van der Waals surface area contributed by atoms with E-state index in [-0.39, 0.29) is 5.92 Å². The summed E-state index contributed by atoms with van der Waals surface area (Å²) in [4.78, 5) is 11.0. The minimum atomic E-state index is -0.611. The van der Waals surface area contributed by atoms with Crippen molar-refractivity contribution in [3.63, 3.8) is 0 Å². The summed E-state index contributed by atoms with van der Waals surface area (Å²) < 4.78 is 0. The van der Waals surface area contributed by atoms with Gasteiger partial charge in [-0.1, -0.05) is 58.3 Å². The van der Waals surface area contributed by atoms with E-state index in [1.165, 1.54) is 51.4 Å². The smallest absolute Gasteiger partial charge is 0.306 e. The first-order chi connectivity index (χ1) is 7.72. The lowest BCUT2D eigenvalue weighted by Crippen LogP contribution is -2.20. The van der Waals surface area contributed by atoms with Crippen LogP contribution in [0.1, 0.15) is 71.1 Å². The maximum atomic E-state index is 11.0. The summed E-state index contributed by atoms with van der Waals surface area (Å²) >= 11 is 0. The second-order valence-corrected chi connectivity index (χ2v) is 5.29. The first-order valence-corrected chi connectivity index (χ1v) is 6.94. The summed E-state index contributed by atoms with van der Waals surface area (Å²) in [6.07, 6.45) is 12.7. The fourth-order valence-electron chi connectivity index (χ4n) is 2.72. The van der Waals surface area contributed by atoms with E-state index in [1.807, 2.05) is 6.92 Å². The molecule has 0 bridgehead atoms. The van der Waals surface area contributed by atoms with Gasteiger partial charge >= 0.3 is 5.97 Å². The van der Waals surface area contributed by atoms with Crippen molar-refractivity contribution >= 4 is 5.97 Å². The Balaban J connectivity index is 2.41. The van der Waals surface area contributed by atoms with Gasteiger partial charge in [-0.25, -0.2) is 0 Å². The highest BCUT2D eigenvalue weighted by molar-refractivity contribution is 5.69. The molecule has 0 spiro atoms. The van der Waals surface area contributed by atoms with Gasteiger partial charge in [-0.3, -0.25) is 4.79 Å². The van der Waals surface area contributed by atoms with E-state index >= 15 is 0 Å². The molecule has 1 N–H and O–H groups in total. The highest BCUT2D eigenvalue weighted by atomic mass is 16.4. The highest BCUT2D eigenvalue weighted by Crippen LogP contribution is 2.27. The zero-order valence-corrected chi connectivity index (χ0v) is 10.6. The standard InChI is InChI=1S/C14H26O2/c1-12(14(15)16)13-10-8-6-4-2-3-5-7-9-11-13/h12-13H,2-11H2,1H3,(H,15,16). The molecule has 0 amide bonds. The van der Waals surface area contributed by atoms with Crippen LogP contribution in [0, 0.1) is 11.8 Å². The molecule has 1 aliphatic carbocycles. The van der Waals surface area contributed by atoms with E-state index < -0.39 is 5.97 Å². The lowest BCUT2D eigenvalue weighted by atomic mass is 9.85. The van der Waals surface area contributed by atoms with Crippen LogP contribution in [0.25, 0.3) is 0 Å². The molecular weight excluding hydrogens is 200 g/mol. The molecular formula is C14H26O2. The molecule has 94 valence electrons. The van der Waals surface area contributed by atoms with Gasteiger partial charge < -0.3 is 5.11 Å². The molecule has 0 aromatic carbocycles. The third kappa shape index (κ3) is 5.00. The summed E-state index contributed by atoms with van der Waals surface area (Å²) in [6, 6.07) is 0. The Bertz CT molecular complexity index is 189. The Kier molecular flexibility index (Phi) is 6.51. The average Bonchev–Trinajstić information content (AvgIpc) is 2.32. The lowest BCUT2D eigenvalue weighted by molar-refractivity contribution is -0.143. The van der Waals surface area contributed by atoms with E-state index in [0.29, 0.717) is 5.92 Å². The first kappa shape index (κ1) is 13.5. The Morgan fingerprint density at radius 1 is 0.938 bits per heavy atom. The number of carbonyl (C=O) groups is 1. The van der Waals surface area contributed by atoms with E-state index in [4.69, 9.17) is 5.11 Å². The molecule has 1 fully saturated rings. The van der Waals surface area contributed by atoms with Gasteiger partial charge in [0.05, 0.1) is 5.92 Å². The quantitative estimate of drug-likeness (QED) is 0.764. The van der Waals surface area contributed by atoms with Gasteiger partial charge in [-0.2, -0.15) is 0 Å². The Morgan fingerprint density at radius 3 is 1.69 bits per heavy atom. The van der Waals surface area contributed by atoms with Crippen LogP contribution in [0.15, 0.2) is 0 Å². The van der Waals surface area contributed by atoms with Crippen molar-refractivity contribution in [2.75, 3.05) is 0 Å². The van der Waals surface area contributed by atoms with Crippen LogP contribution < -0.4 is 0 Å². The van der Waals surface area contributed by atoms with Crippen molar-refractivity contribution in [1.29, 1.82) is 0 Å². The van der Waals surface area contributed by atoms with Crippen LogP contribution in [0.5, 0.6) is 0 Å². The third-order valence-corrected chi connectivity index (χ3v) is 4.00. The van der Waals surface area contributed by atoms with E-state index in [9.17, 15) is 4.79 Å². The van der Waals surface area contributed by atoms with Crippen LogP contribution in [0.2, 0.25) is 0 Å². The molecule has 0 aromatic heterocycles. The number of carboxylic acid groups (broad SMARTS) is 1. The molecule has 0 heterocycles. The summed E-state index contributed by atoms with van der Waals surface area (Å²) in [5.41, 5.74) is 0. The number of rotatable bonds is 2. The maximum Gasteiger partial charge on any atom is 0.306 e. The van der Waals surface area contributed by atoms with Crippen molar-refractivity contribution in [3.8, 4) is 0 Å². The second kappa shape index (κ2) is 7.70. The molecule has 0 aliphatic heterocycles. The van der Waals surface area contributed by atoms with E-state index in [0.717, 1.165) is 12.8 Å². The molecule has 1 saturated carbocycles.